The smallest absolute Gasteiger partial charge is 0.309 e. The Morgan fingerprint density at radius 3 is 1.73 bits per heavy atom. The van der Waals surface area contributed by atoms with Crippen molar-refractivity contribution in [1.82, 2.24) is 17.8 Å². The van der Waals surface area contributed by atoms with Crippen LogP contribution >= 0.6 is 0 Å². The molecule has 88 heavy (non-hydrogen) atoms. The predicted octanol–water partition coefficient (Wildman–Crippen LogP) is 8.82. The summed E-state index contributed by atoms with van der Waals surface area (Å²) in [7, 11) is 0.438. The molecule has 0 radical (unpaired) electrons. The Morgan fingerprint density at radius 1 is 0.636 bits per heavy atom. The second-order valence-electron chi connectivity index (χ2n) is 28.4. The minimum atomic E-state index is -3.63. The van der Waals surface area contributed by atoms with Crippen molar-refractivity contribution in [2.45, 2.75) is 168 Å². The lowest BCUT2D eigenvalue weighted by atomic mass is 9.80. The van der Waals surface area contributed by atoms with Crippen molar-refractivity contribution in [2.75, 3.05) is 88.9 Å². The summed E-state index contributed by atoms with van der Waals surface area (Å²) in [6, 6.07) is 16.7. The van der Waals surface area contributed by atoms with Gasteiger partial charge in [-0.2, -0.15) is 0 Å². The van der Waals surface area contributed by atoms with E-state index in [2.05, 4.69) is 140 Å². The van der Waals surface area contributed by atoms with E-state index in [1.165, 1.54) is 33.9 Å². The first-order valence-corrected chi connectivity index (χ1v) is 34.9. The van der Waals surface area contributed by atoms with Gasteiger partial charge in [0.1, 0.15) is 36.2 Å². The summed E-state index contributed by atoms with van der Waals surface area (Å²) < 4.78 is 85.7. The first-order valence-electron chi connectivity index (χ1n) is 31.7. The van der Waals surface area contributed by atoms with Gasteiger partial charge in [0, 0.05) is 106 Å². The van der Waals surface area contributed by atoms with Crippen molar-refractivity contribution in [3.63, 3.8) is 0 Å². The molecule has 2 saturated heterocycles. The van der Waals surface area contributed by atoms with E-state index in [0.717, 1.165) is 75.0 Å². The Bertz CT molecular complexity index is 4070. The second kappa shape index (κ2) is 22.9. The summed E-state index contributed by atoms with van der Waals surface area (Å²) in [5, 5.41) is 3.32. The molecular weight excluding hydrogens is 1150 g/mol. The van der Waals surface area contributed by atoms with E-state index in [9.17, 15) is 26.4 Å². The number of methoxy groups -OCH3 is 1. The largest absolute Gasteiger partial charge is 0.469 e. The van der Waals surface area contributed by atoms with Crippen LogP contribution in [0.4, 0.5) is 22.7 Å². The van der Waals surface area contributed by atoms with Crippen molar-refractivity contribution in [1.29, 1.82) is 0 Å². The molecular formula is C68H92N8O10S2+2. The molecule has 12 rings (SSSR count). The number of piperidine rings is 2. The Labute approximate surface area is 520 Å². The zero-order chi connectivity index (χ0) is 63.5. The third-order valence-electron chi connectivity index (χ3n) is 20.8. The first-order chi connectivity index (χ1) is 41.3. The molecule has 2 fully saturated rings. The molecule has 0 saturated carbocycles. The van der Waals surface area contributed by atoms with Gasteiger partial charge in [-0.05, 0) is 153 Å². The lowest BCUT2D eigenvalue weighted by molar-refractivity contribution is -0.149. The van der Waals surface area contributed by atoms with Crippen molar-refractivity contribution >= 4 is 60.3 Å². The zero-order valence-corrected chi connectivity index (χ0v) is 56.3. The number of anilines is 2. The topological polar surface area (TPSA) is 183 Å². The number of likely N-dealkylation sites (N-methyl/N-ethyl adjacent to an activating group) is 1. The van der Waals surface area contributed by atoms with Crippen LogP contribution in [0.25, 0.3) is 5.57 Å². The monoisotopic (exact) mass is 1240 g/mol. The highest BCUT2D eigenvalue weighted by Gasteiger charge is 2.45. The number of carbonyl (C=O) groups excluding carboxylic acids is 2. The molecule has 18 nitrogen and oxygen atoms in total. The number of sulfonamides is 2. The molecule has 474 valence electrons. The van der Waals surface area contributed by atoms with Gasteiger partial charge in [-0.1, -0.05) is 13.8 Å². The highest BCUT2D eigenvalue weighted by Crippen LogP contribution is 2.50. The summed E-state index contributed by atoms with van der Waals surface area (Å²) >= 11 is 0. The van der Waals surface area contributed by atoms with Gasteiger partial charge in [0.15, 0.2) is 34.1 Å². The third-order valence-corrected chi connectivity index (χ3v) is 24.6. The molecule has 8 aliphatic rings. The lowest BCUT2D eigenvalue weighted by Gasteiger charge is -2.47. The average molecular weight is 1250 g/mol. The standard InChI is InChI=1S/C35H47N4O5S.C33H45N4O5S/c1-9-39-30-18-32-27(15-25(30)22(3)19-35(39,6)7)36-28-16-26-24(20-34(4,5)37(8)29(26)17-31(28)44-32)21-45(41,42)38-13-11-23(12-14-38)33(40)43-10-2;1-20-17-32(2,3)35(6)27-15-29-25(13-23(20)27)34-26-14-24-22(18-33(4,5)36(7)28(24)16-30(26)42-29)19-43(39,40)37-11-9-21(10-12-37)31(38)41-8/h15-18,20,22-23H,9-14,19,21H2,1-8H3;13-16,20-22H,9-12,17-19H2,1-8H3/q2*+1. The van der Waals surface area contributed by atoms with Gasteiger partial charge in [0.25, 0.3) is 0 Å². The molecule has 8 aliphatic heterocycles. The van der Waals surface area contributed by atoms with Crippen LogP contribution in [0.1, 0.15) is 168 Å². The minimum absolute atomic E-state index is 0.0174. The average Bonchev–Trinajstić information content (AvgIpc) is 0.782. The van der Waals surface area contributed by atoms with Gasteiger partial charge in [0.2, 0.25) is 30.8 Å². The number of hydrogen-bond donors (Lipinski definition) is 0. The van der Waals surface area contributed by atoms with Crippen LogP contribution in [0.2, 0.25) is 0 Å². The van der Waals surface area contributed by atoms with Gasteiger partial charge in [0.05, 0.1) is 54.8 Å². The second-order valence-corrected chi connectivity index (χ2v) is 32.3. The van der Waals surface area contributed by atoms with E-state index in [4.69, 9.17) is 28.9 Å². The number of carbonyl (C=O) groups is 2. The van der Waals surface area contributed by atoms with Crippen molar-refractivity contribution in [3.05, 3.63) is 98.3 Å². The zero-order valence-electron chi connectivity index (χ0n) is 54.7. The predicted molar refractivity (Wildman–Crippen MR) is 345 cm³/mol. The summed E-state index contributed by atoms with van der Waals surface area (Å²) in [5.74, 6) is 2.34. The molecule has 0 amide bonds. The molecule has 0 bridgehead atoms. The van der Waals surface area contributed by atoms with E-state index in [-0.39, 0.29) is 57.8 Å². The van der Waals surface area contributed by atoms with Crippen LogP contribution in [-0.4, -0.2) is 139 Å². The normalized spacial score (nSPS) is 23.4. The first kappa shape index (κ1) is 63.4. The number of benzene rings is 4. The number of fused-ring (bicyclic) bond motifs is 8. The lowest BCUT2D eigenvalue weighted by Crippen LogP contribution is -2.52. The molecule has 8 heterocycles. The SMILES string of the molecule is CCOC(=O)C1CCN(S(=O)(=O)CC2=CC(C)(C)[N+](C)=c3cc4c(cc32)=Nc2cc3c(cc2O4)N(CC)C(C)(C)CC3C)CC1.COC(=O)C1CCN(S(=O)(=O)CC2CC(C)(C)[N+](C)=c3cc4c(cc32)=Nc2cc3c(cc2O4)N(C)C(C)(C)CC3C)CC1. The van der Waals surface area contributed by atoms with E-state index in [0.29, 0.717) is 93.6 Å². The van der Waals surface area contributed by atoms with Crippen molar-refractivity contribution in [2.24, 2.45) is 21.8 Å². The van der Waals surface area contributed by atoms with Gasteiger partial charge < -0.3 is 28.7 Å². The molecule has 0 N–H and O–H groups in total. The van der Waals surface area contributed by atoms with Crippen LogP contribution in [-0.2, 0) is 39.1 Å². The number of hydrogen-bond acceptors (Lipinski definition) is 14. The van der Waals surface area contributed by atoms with Gasteiger partial charge in [-0.15, -0.1) is 0 Å². The van der Waals surface area contributed by atoms with Crippen LogP contribution in [0.3, 0.4) is 0 Å². The van der Waals surface area contributed by atoms with Gasteiger partial charge in [-0.3, -0.25) is 9.59 Å². The minimum Gasteiger partial charge on any atom is -0.469 e. The summed E-state index contributed by atoms with van der Waals surface area (Å²) in [6.07, 6.45) is 6.78. The Kier molecular flexibility index (Phi) is 16.5. The van der Waals surface area contributed by atoms with Crippen LogP contribution < -0.4 is 49.9 Å². The number of nitrogens with zero attached hydrogens (tertiary/aromatic N) is 8. The molecule has 4 aromatic rings. The molecule has 20 heteroatoms. The maximum absolute atomic E-state index is 13.8. The summed E-state index contributed by atoms with van der Waals surface area (Å²) in [5.41, 5.74) is 8.56. The molecule has 0 aromatic heterocycles. The van der Waals surface area contributed by atoms with Crippen LogP contribution in [0.15, 0.2) is 64.6 Å². The Balaban J connectivity index is 0.000000182. The number of rotatable bonds is 10. The van der Waals surface area contributed by atoms with Crippen molar-refractivity contribution < 1.29 is 45.4 Å². The van der Waals surface area contributed by atoms with E-state index in [1.807, 2.05) is 31.3 Å². The summed E-state index contributed by atoms with van der Waals surface area (Å²) in [4.78, 5) is 39.2. The maximum Gasteiger partial charge on any atom is 0.309 e. The highest BCUT2D eigenvalue weighted by atomic mass is 32.2. The fourth-order valence-corrected chi connectivity index (χ4v) is 18.7. The summed E-state index contributed by atoms with van der Waals surface area (Å²) in [6.45, 7) is 28.7. The van der Waals surface area contributed by atoms with Crippen LogP contribution in [0, 0.1) is 11.8 Å². The Hall–Kier alpha value is -6.22. The van der Waals surface area contributed by atoms with E-state index in [1.54, 1.807) is 11.2 Å². The van der Waals surface area contributed by atoms with E-state index >= 15 is 0 Å². The number of esters is 2. The van der Waals surface area contributed by atoms with Crippen LogP contribution in [0.5, 0.6) is 23.0 Å². The van der Waals surface area contributed by atoms with Gasteiger partial charge >= 0.3 is 11.9 Å². The molecule has 3 unspecified atom stereocenters. The molecule has 0 spiro atoms. The molecule has 4 aromatic carbocycles. The number of ether oxygens (including phenoxy) is 4. The van der Waals surface area contributed by atoms with Gasteiger partial charge in [-0.25, -0.2) is 44.6 Å². The maximum atomic E-state index is 13.8. The molecule has 3 atom stereocenters. The quantitative estimate of drug-likeness (QED) is 0.0940. The van der Waals surface area contributed by atoms with E-state index < -0.39 is 25.6 Å². The van der Waals surface area contributed by atoms with Crippen molar-refractivity contribution in [3.8, 4) is 23.0 Å². The highest BCUT2D eigenvalue weighted by molar-refractivity contribution is 7.89. The molecule has 0 aliphatic carbocycles. The Morgan fingerprint density at radius 2 is 1.16 bits per heavy atom. The fraction of sp³-hybridized carbons (Fsp3) is 0.588. The third kappa shape index (κ3) is 11.6. The fourth-order valence-electron chi connectivity index (χ4n) is 15.3.